The molecule has 4 fully saturated rings. The largest absolute Gasteiger partial charge is 0.395 e. The Morgan fingerprint density at radius 1 is 0.984 bits per heavy atom. The lowest BCUT2D eigenvalue weighted by Crippen LogP contribution is -2.62. The highest BCUT2D eigenvalue weighted by molar-refractivity contribution is 6.05. The Morgan fingerprint density at radius 3 is 2.40 bits per heavy atom. The average molecular weight is 863 g/mol. The minimum absolute atomic E-state index is 0.00460. The molecular formula is C45H48F2N10O6. The molecule has 5 aromatic rings. The molecule has 16 nitrogen and oxygen atoms in total. The van der Waals surface area contributed by atoms with Crippen LogP contribution < -0.4 is 15.5 Å². The molecule has 6 heterocycles. The van der Waals surface area contributed by atoms with Gasteiger partial charge in [-0.25, -0.2) is 13.3 Å². The molecule has 0 bridgehead atoms. The van der Waals surface area contributed by atoms with E-state index in [1.807, 2.05) is 23.0 Å². The van der Waals surface area contributed by atoms with Crippen molar-refractivity contribution in [1.29, 1.82) is 5.26 Å². The first-order valence-corrected chi connectivity index (χ1v) is 21.4. The summed E-state index contributed by atoms with van der Waals surface area (Å²) in [6.07, 6.45) is 6.81. The number of hydrogen-bond donors (Lipinski definition) is 4. The number of piperidine rings is 1. The van der Waals surface area contributed by atoms with E-state index in [2.05, 4.69) is 20.6 Å². The molecule has 1 aliphatic carbocycles. The van der Waals surface area contributed by atoms with Crippen molar-refractivity contribution in [3.05, 3.63) is 88.9 Å². The lowest BCUT2D eigenvalue weighted by molar-refractivity contribution is -0.141. The Bertz CT molecular complexity index is 2670. The van der Waals surface area contributed by atoms with E-state index in [4.69, 9.17) is 5.10 Å². The van der Waals surface area contributed by atoms with Gasteiger partial charge in [-0.3, -0.25) is 34.1 Å². The SMILES string of the molecule is CC(C)(O)c1cc2nn(C3CCC(N4CCN(C(=O)C5CN(c6cc(F)c([C@H]7CCC(=O)NC7=O)c(F)c6)C5)C[C@@H]4CO)CC3)cc2cc1NC(=O)c1ccc2cc(C#N)cnn12. The molecule has 4 aliphatic rings. The first-order valence-electron chi connectivity index (χ1n) is 21.4. The number of aliphatic hydroxyl groups is 2. The molecule has 4 amide bonds. The van der Waals surface area contributed by atoms with E-state index in [1.165, 1.54) is 22.8 Å². The number of fused-ring (bicyclic) bond motifs is 2. The van der Waals surface area contributed by atoms with Crippen LogP contribution in [0.4, 0.5) is 20.2 Å². The van der Waals surface area contributed by atoms with Gasteiger partial charge in [0.1, 0.15) is 23.4 Å². The van der Waals surface area contributed by atoms with Crippen molar-refractivity contribution >= 4 is 51.4 Å². The molecule has 4 N–H and O–H groups in total. The Hall–Kier alpha value is -6.29. The van der Waals surface area contributed by atoms with Gasteiger partial charge in [-0.15, -0.1) is 0 Å². The maximum atomic E-state index is 15.2. The van der Waals surface area contributed by atoms with Gasteiger partial charge in [0.2, 0.25) is 17.7 Å². The third-order valence-corrected chi connectivity index (χ3v) is 13.2. The zero-order valence-electron chi connectivity index (χ0n) is 34.9. The fourth-order valence-corrected chi connectivity index (χ4v) is 9.83. The Labute approximate surface area is 361 Å². The summed E-state index contributed by atoms with van der Waals surface area (Å²) in [6.45, 7) is 5.26. The van der Waals surface area contributed by atoms with Crippen molar-refractivity contribution in [2.75, 3.05) is 49.5 Å². The Morgan fingerprint density at radius 2 is 1.71 bits per heavy atom. The average Bonchev–Trinajstić information content (AvgIpc) is 3.87. The number of hydrogen-bond acceptors (Lipinski definition) is 11. The predicted molar refractivity (Wildman–Crippen MR) is 225 cm³/mol. The summed E-state index contributed by atoms with van der Waals surface area (Å²) in [5.74, 6) is -4.83. The second-order valence-electron chi connectivity index (χ2n) is 17.7. The van der Waals surface area contributed by atoms with Crippen LogP contribution in [0.2, 0.25) is 0 Å². The summed E-state index contributed by atoms with van der Waals surface area (Å²) < 4.78 is 33.8. The number of nitriles is 1. The van der Waals surface area contributed by atoms with Gasteiger partial charge in [-0.1, -0.05) is 0 Å². The van der Waals surface area contributed by atoms with Crippen LogP contribution >= 0.6 is 0 Å². The second-order valence-corrected chi connectivity index (χ2v) is 17.7. The third-order valence-electron chi connectivity index (χ3n) is 13.2. The van der Waals surface area contributed by atoms with E-state index in [0.29, 0.717) is 47.5 Å². The van der Waals surface area contributed by atoms with Crippen LogP contribution in [0.25, 0.3) is 16.4 Å². The van der Waals surface area contributed by atoms with E-state index in [9.17, 15) is 34.7 Å². The zero-order valence-corrected chi connectivity index (χ0v) is 34.9. The van der Waals surface area contributed by atoms with Crippen LogP contribution in [-0.4, -0.2) is 114 Å². The molecule has 3 saturated heterocycles. The quantitative estimate of drug-likeness (QED) is 0.156. The molecule has 63 heavy (non-hydrogen) atoms. The third kappa shape index (κ3) is 8.00. The molecule has 18 heteroatoms. The Balaban J connectivity index is 0.804. The van der Waals surface area contributed by atoms with Gasteiger partial charge in [0.25, 0.3) is 5.91 Å². The summed E-state index contributed by atoms with van der Waals surface area (Å²) in [5, 5.41) is 46.0. The van der Waals surface area contributed by atoms with Gasteiger partial charge < -0.3 is 25.3 Å². The molecule has 328 valence electrons. The topological polar surface area (TPSA) is 201 Å². The molecule has 3 aliphatic heterocycles. The molecule has 2 aromatic carbocycles. The molecule has 2 atom stereocenters. The summed E-state index contributed by atoms with van der Waals surface area (Å²) in [7, 11) is 0. The van der Waals surface area contributed by atoms with E-state index in [1.54, 1.807) is 47.9 Å². The predicted octanol–water partition coefficient (Wildman–Crippen LogP) is 3.96. The van der Waals surface area contributed by atoms with Crippen molar-refractivity contribution < 1.29 is 38.2 Å². The first kappa shape index (κ1) is 42.0. The first-order chi connectivity index (χ1) is 30.2. The van der Waals surface area contributed by atoms with E-state index in [-0.39, 0.29) is 79.4 Å². The summed E-state index contributed by atoms with van der Waals surface area (Å²) in [6, 6.07) is 13.1. The summed E-state index contributed by atoms with van der Waals surface area (Å²) in [5.41, 5.74) is 1.52. The highest BCUT2D eigenvalue weighted by Gasteiger charge is 2.41. The van der Waals surface area contributed by atoms with Crippen molar-refractivity contribution in [2.45, 2.75) is 82.0 Å². The number of rotatable bonds is 9. The minimum atomic E-state index is -1.30. The fourth-order valence-electron chi connectivity index (χ4n) is 9.83. The van der Waals surface area contributed by atoms with Gasteiger partial charge in [0.05, 0.1) is 58.9 Å². The van der Waals surface area contributed by atoms with Crippen molar-refractivity contribution in [2.24, 2.45) is 5.92 Å². The zero-order chi connectivity index (χ0) is 44.3. The molecule has 0 spiro atoms. The number of aliphatic hydroxyl groups excluding tert-OH is 1. The van der Waals surface area contributed by atoms with Gasteiger partial charge in [-0.2, -0.15) is 15.5 Å². The number of carbonyl (C=O) groups excluding carboxylic acids is 4. The lowest BCUT2D eigenvalue weighted by Gasteiger charge is -2.48. The smallest absolute Gasteiger partial charge is 0.274 e. The van der Waals surface area contributed by atoms with Gasteiger partial charge in [-0.05, 0) is 88.4 Å². The number of amides is 4. The van der Waals surface area contributed by atoms with Gasteiger partial charge in [0.15, 0.2) is 0 Å². The lowest BCUT2D eigenvalue weighted by atomic mass is 9.88. The maximum Gasteiger partial charge on any atom is 0.274 e. The monoisotopic (exact) mass is 862 g/mol. The number of carbonyl (C=O) groups is 4. The number of benzene rings is 2. The number of nitrogens with one attached hydrogen (secondary N) is 2. The molecule has 0 radical (unpaired) electrons. The van der Waals surface area contributed by atoms with Crippen LogP contribution in [-0.2, 0) is 20.0 Å². The van der Waals surface area contributed by atoms with Crippen LogP contribution in [0.1, 0.15) is 91.5 Å². The number of piperazine rings is 1. The number of anilines is 2. The fraction of sp³-hybridized carbons (Fsp3) is 0.444. The summed E-state index contributed by atoms with van der Waals surface area (Å²) >= 11 is 0. The van der Waals surface area contributed by atoms with Crippen LogP contribution in [0.3, 0.4) is 0 Å². The van der Waals surface area contributed by atoms with Crippen molar-refractivity contribution in [1.82, 2.24) is 34.5 Å². The Kier molecular flexibility index (Phi) is 11.0. The van der Waals surface area contributed by atoms with Gasteiger partial charge in [0, 0.05) is 79.3 Å². The normalized spacial score (nSPS) is 22.6. The van der Waals surface area contributed by atoms with Crippen LogP contribution in [0.15, 0.2) is 54.9 Å². The number of aromatic nitrogens is 4. The highest BCUT2D eigenvalue weighted by atomic mass is 19.1. The summed E-state index contributed by atoms with van der Waals surface area (Å²) in [4.78, 5) is 56.8. The highest BCUT2D eigenvalue weighted by Crippen LogP contribution is 2.38. The number of imide groups is 1. The maximum absolute atomic E-state index is 15.2. The standard InChI is InChI=1S/C45H48F2N10O6/c1-45(2,63)34-17-37-26(14-38(34)50-43(61)39-9-7-30-13-25(18-48)19-49-57(30)39)22-56(52-37)29-5-3-28(4-6-29)55-12-11-53(23-32(55)24-58)44(62)27-20-54(21-27)31-15-35(46)41(36(47)16-31)33-8-10-40(59)51-42(33)60/h7,9,13-17,19,22,27-29,32-33,58,63H,3-6,8,10-12,20-21,23-24H2,1-2H3,(H,50,61)(H,51,59,60)/t28?,29?,32-,33-/m1/s1. The number of nitrogens with zero attached hydrogens (tertiary/aromatic N) is 8. The van der Waals surface area contributed by atoms with E-state index >= 15 is 8.78 Å². The minimum Gasteiger partial charge on any atom is -0.395 e. The van der Waals surface area contributed by atoms with Crippen molar-refractivity contribution in [3.63, 3.8) is 0 Å². The van der Waals surface area contributed by atoms with E-state index < -0.39 is 40.9 Å². The second kappa shape index (κ2) is 16.4. The van der Waals surface area contributed by atoms with Gasteiger partial charge >= 0.3 is 0 Å². The molecule has 9 rings (SSSR count). The van der Waals surface area contributed by atoms with Crippen LogP contribution in [0, 0.1) is 28.9 Å². The van der Waals surface area contributed by atoms with Crippen molar-refractivity contribution in [3.8, 4) is 6.07 Å². The molecule has 1 saturated carbocycles. The molecular weight excluding hydrogens is 815 g/mol. The number of halogens is 2. The van der Waals surface area contributed by atoms with E-state index in [0.717, 1.165) is 31.1 Å². The molecule has 3 aromatic heterocycles. The van der Waals surface area contributed by atoms with Crippen LogP contribution in [0.5, 0.6) is 0 Å². The molecule has 0 unspecified atom stereocenters.